The van der Waals surface area contributed by atoms with Crippen molar-refractivity contribution >= 4 is 11.9 Å². The third kappa shape index (κ3) is 2.00. The average molecular weight is 317 g/mol. The van der Waals surface area contributed by atoms with Crippen LogP contribution in [-0.4, -0.2) is 16.8 Å². The van der Waals surface area contributed by atoms with Crippen LogP contribution in [-0.2, 0) is 23.3 Å². The van der Waals surface area contributed by atoms with Crippen LogP contribution in [0.25, 0.3) is 0 Å². The smallest absolute Gasteiger partial charge is 0.319 e. The number of carbonyl (C=O) groups excluding carboxylic acids is 2. The topological polar surface area (TPSA) is 73.2 Å². The molecule has 1 saturated heterocycles. The maximum Gasteiger partial charge on any atom is 0.325 e. The Labute approximate surface area is 139 Å². The number of fused-ring (bicyclic) bond motifs is 2. The number of nitriles is 1. The summed E-state index contributed by atoms with van der Waals surface area (Å²) in [6.07, 6.45) is 1.37. The first-order valence-electron chi connectivity index (χ1n) is 7.85. The molecular formula is C19H15N3O2. The Morgan fingerprint density at radius 1 is 1.17 bits per heavy atom. The molecule has 3 amide bonds. The van der Waals surface area contributed by atoms with Gasteiger partial charge in [0.2, 0.25) is 0 Å². The molecule has 2 aliphatic rings. The molecule has 2 aromatic rings. The Morgan fingerprint density at radius 3 is 2.83 bits per heavy atom. The molecular weight excluding hydrogens is 302 g/mol. The first-order valence-corrected chi connectivity index (χ1v) is 7.85. The lowest BCUT2D eigenvalue weighted by Gasteiger charge is -2.22. The van der Waals surface area contributed by atoms with E-state index in [1.54, 1.807) is 18.2 Å². The van der Waals surface area contributed by atoms with E-state index in [1.165, 1.54) is 4.90 Å². The largest absolute Gasteiger partial charge is 0.325 e. The number of amides is 3. The predicted molar refractivity (Wildman–Crippen MR) is 86.7 cm³/mol. The summed E-state index contributed by atoms with van der Waals surface area (Å²) in [5.74, 6) is -0.209. The summed E-state index contributed by atoms with van der Waals surface area (Å²) in [5.41, 5.74) is 2.36. The van der Waals surface area contributed by atoms with Crippen molar-refractivity contribution in [1.29, 1.82) is 5.26 Å². The molecule has 2 aromatic carbocycles. The summed E-state index contributed by atoms with van der Waals surface area (Å²) >= 11 is 0. The molecule has 5 heteroatoms. The van der Waals surface area contributed by atoms with Crippen molar-refractivity contribution in [2.24, 2.45) is 0 Å². The highest BCUT2D eigenvalue weighted by molar-refractivity contribution is 6.08. The monoisotopic (exact) mass is 317 g/mol. The zero-order chi connectivity index (χ0) is 16.7. The number of nitrogens with one attached hydrogen (secondary N) is 1. The van der Waals surface area contributed by atoms with E-state index >= 15 is 0 Å². The van der Waals surface area contributed by atoms with Gasteiger partial charge >= 0.3 is 6.03 Å². The second-order valence-electron chi connectivity index (χ2n) is 6.20. The summed E-state index contributed by atoms with van der Waals surface area (Å²) < 4.78 is 0. The van der Waals surface area contributed by atoms with Gasteiger partial charge in [-0.25, -0.2) is 4.79 Å². The van der Waals surface area contributed by atoms with Gasteiger partial charge in [-0.2, -0.15) is 5.26 Å². The van der Waals surface area contributed by atoms with Crippen LogP contribution in [0.4, 0.5) is 4.79 Å². The lowest BCUT2D eigenvalue weighted by Crippen LogP contribution is -2.41. The van der Waals surface area contributed by atoms with Crippen molar-refractivity contribution < 1.29 is 9.59 Å². The van der Waals surface area contributed by atoms with Gasteiger partial charge in [-0.05, 0) is 41.7 Å². The van der Waals surface area contributed by atoms with Crippen molar-refractivity contribution in [2.75, 3.05) is 0 Å². The molecule has 24 heavy (non-hydrogen) atoms. The molecule has 0 aromatic heterocycles. The Bertz CT molecular complexity index is 899. The molecule has 1 fully saturated rings. The lowest BCUT2D eigenvalue weighted by molar-refractivity contribution is -0.132. The fourth-order valence-electron chi connectivity index (χ4n) is 3.65. The number of aryl methyl sites for hydroxylation is 1. The van der Waals surface area contributed by atoms with Crippen LogP contribution in [0.15, 0.2) is 48.5 Å². The predicted octanol–water partition coefficient (Wildman–Crippen LogP) is 2.45. The standard InChI is InChI=1S/C19H15N3O2/c20-11-13-4-3-5-14(10-13)12-22-17(23)19(21-18(22)24)9-8-15-6-1-2-7-16(15)19/h1-7,10H,8-9,12H2,(H,21,24). The number of nitrogens with zero attached hydrogens (tertiary/aromatic N) is 2. The van der Waals surface area contributed by atoms with Crippen LogP contribution >= 0.6 is 0 Å². The quantitative estimate of drug-likeness (QED) is 0.865. The second-order valence-corrected chi connectivity index (χ2v) is 6.20. The first kappa shape index (κ1) is 14.5. The molecule has 1 aliphatic carbocycles. The SMILES string of the molecule is N#Cc1cccc(CN2C(=O)NC3(CCc4ccccc43)C2=O)c1. The van der Waals surface area contributed by atoms with Crippen molar-refractivity contribution in [3.63, 3.8) is 0 Å². The van der Waals surface area contributed by atoms with Crippen LogP contribution in [0.1, 0.15) is 28.7 Å². The molecule has 1 spiro atoms. The van der Waals surface area contributed by atoms with Crippen molar-refractivity contribution in [1.82, 2.24) is 10.2 Å². The zero-order valence-electron chi connectivity index (χ0n) is 13.0. The highest BCUT2D eigenvalue weighted by atomic mass is 16.2. The van der Waals surface area contributed by atoms with Gasteiger partial charge in [-0.3, -0.25) is 9.69 Å². The zero-order valence-corrected chi connectivity index (χ0v) is 13.0. The molecule has 1 aliphatic heterocycles. The molecule has 1 unspecified atom stereocenters. The van der Waals surface area contributed by atoms with Crippen LogP contribution in [0.5, 0.6) is 0 Å². The van der Waals surface area contributed by atoms with E-state index < -0.39 is 5.54 Å². The van der Waals surface area contributed by atoms with Gasteiger partial charge in [0, 0.05) is 0 Å². The highest BCUT2D eigenvalue weighted by Gasteiger charge is 2.55. The molecule has 4 rings (SSSR count). The number of hydrogen-bond acceptors (Lipinski definition) is 3. The van der Waals surface area contributed by atoms with Gasteiger partial charge < -0.3 is 5.32 Å². The van der Waals surface area contributed by atoms with Crippen molar-refractivity contribution in [3.8, 4) is 6.07 Å². The molecule has 118 valence electrons. The minimum atomic E-state index is -0.930. The lowest BCUT2D eigenvalue weighted by atomic mass is 9.92. The number of imide groups is 1. The minimum absolute atomic E-state index is 0.171. The average Bonchev–Trinajstić information content (AvgIpc) is 3.09. The molecule has 5 nitrogen and oxygen atoms in total. The Balaban J connectivity index is 1.67. The third-order valence-electron chi connectivity index (χ3n) is 4.82. The highest BCUT2D eigenvalue weighted by Crippen LogP contribution is 2.41. The van der Waals surface area contributed by atoms with E-state index in [0.717, 1.165) is 23.1 Å². The van der Waals surface area contributed by atoms with Crippen molar-refractivity contribution in [3.05, 3.63) is 70.8 Å². The fourth-order valence-corrected chi connectivity index (χ4v) is 3.65. The number of rotatable bonds is 2. The van der Waals surface area contributed by atoms with Crippen LogP contribution in [0.3, 0.4) is 0 Å². The number of benzene rings is 2. The van der Waals surface area contributed by atoms with Gasteiger partial charge in [0.25, 0.3) is 5.91 Å². The second kappa shape index (κ2) is 5.20. The molecule has 1 atom stereocenters. The minimum Gasteiger partial charge on any atom is -0.319 e. The molecule has 0 radical (unpaired) electrons. The van der Waals surface area contributed by atoms with E-state index in [2.05, 4.69) is 11.4 Å². The van der Waals surface area contributed by atoms with Crippen molar-refractivity contribution in [2.45, 2.75) is 24.9 Å². The van der Waals surface area contributed by atoms with Crippen LogP contribution < -0.4 is 5.32 Å². The third-order valence-corrected chi connectivity index (χ3v) is 4.82. The van der Waals surface area contributed by atoms with Gasteiger partial charge in [0.1, 0.15) is 5.54 Å². The van der Waals surface area contributed by atoms with Gasteiger partial charge in [0.05, 0.1) is 18.2 Å². The van der Waals surface area contributed by atoms with E-state index in [0.29, 0.717) is 12.0 Å². The van der Waals surface area contributed by atoms with Crippen LogP contribution in [0.2, 0.25) is 0 Å². The maximum atomic E-state index is 13.0. The van der Waals surface area contributed by atoms with Gasteiger partial charge in [-0.1, -0.05) is 36.4 Å². The van der Waals surface area contributed by atoms with E-state index in [1.807, 2.05) is 30.3 Å². The number of carbonyl (C=O) groups is 2. The summed E-state index contributed by atoms with van der Waals surface area (Å²) in [6, 6.07) is 16.4. The Kier molecular flexibility index (Phi) is 3.14. The number of hydrogen-bond donors (Lipinski definition) is 1. The normalized spacial score (nSPS) is 21.7. The van der Waals surface area contributed by atoms with Crippen LogP contribution in [0, 0.1) is 11.3 Å². The summed E-state index contributed by atoms with van der Waals surface area (Å²) in [4.78, 5) is 26.7. The Hall–Kier alpha value is -3.13. The summed E-state index contributed by atoms with van der Waals surface area (Å²) in [6.45, 7) is 0.171. The summed E-state index contributed by atoms with van der Waals surface area (Å²) in [7, 11) is 0. The first-order chi connectivity index (χ1) is 11.6. The Morgan fingerprint density at radius 2 is 2.00 bits per heavy atom. The van der Waals surface area contributed by atoms with Gasteiger partial charge in [0.15, 0.2) is 0 Å². The summed E-state index contributed by atoms with van der Waals surface area (Å²) in [5, 5.41) is 11.9. The van der Waals surface area contributed by atoms with E-state index in [4.69, 9.17) is 5.26 Å². The molecule has 0 bridgehead atoms. The molecule has 0 saturated carbocycles. The number of urea groups is 1. The van der Waals surface area contributed by atoms with Gasteiger partial charge in [-0.15, -0.1) is 0 Å². The molecule has 1 N–H and O–H groups in total. The fraction of sp³-hybridized carbons (Fsp3) is 0.211. The maximum absolute atomic E-state index is 13.0. The van der Waals surface area contributed by atoms with E-state index in [9.17, 15) is 9.59 Å². The van der Waals surface area contributed by atoms with E-state index in [-0.39, 0.29) is 18.5 Å². The molecule has 1 heterocycles.